The molecule has 0 fully saturated rings. The Labute approximate surface area is 342 Å². The molecular formula is C52H27B5O. The van der Waals surface area contributed by atoms with Gasteiger partial charge in [-0.1, -0.05) is 157 Å². The van der Waals surface area contributed by atoms with Crippen molar-refractivity contribution < 1.29 is 4.42 Å². The quantitative estimate of drug-likeness (QED) is 0.131. The average Bonchev–Trinajstić information content (AvgIpc) is 3.65. The fraction of sp³-hybridized carbons (Fsp3) is 0. The number of hydrogen-bond donors (Lipinski definition) is 0. The molecule has 0 spiro atoms. The van der Waals surface area contributed by atoms with E-state index in [1.807, 2.05) is 12.1 Å². The monoisotopic (exact) mass is 722 g/mol. The molecular weight excluding hydrogens is 695 g/mol. The van der Waals surface area contributed by atoms with Crippen LogP contribution in [0.4, 0.5) is 0 Å². The highest BCUT2D eigenvalue weighted by Gasteiger charge is 2.24. The minimum Gasteiger partial charge on any atom is -0.456 e. The molecule has 0 N–H and O–H groups in total. The van der Waals surface area contributed by atoms with Gasteiger partial charge in [-0.2, -0.15) is 0 Å². The summed E-state index contributed by atoms with van der Waals surface area (Å²) in [6, 6.07) is 57.8. The number of rotatable bonds is 4. The maximum atomic E-state index is 6.76. The predicted molar refractivity (Wildman–Crippen MR) is 252 cm³/mol. The van der Waals surface area contributed by atoms with E-state index in [0.717, 1.165) is 65.7 Å². The van der Waals surface area contributed by atoms with E-state index in [-0.39, 0.29) is 16.4 Å². The summed E-state index contributed by atoms with van der Waals surface area (Å²) in [4.78, 5) is 0. The molecule has 6 heteroatoms. The van der Waals surface area contributed by atoms with Crippen LogP contribution in [0.1, 0.15) is 0 Å². The van der Waals surface area contributed by atoms with Gasteiger partial charge in [0.2, 0.25) is 0 Å². The minimum atomic E-state index is 0.190. The molecule has 256 valence electrons. The summed E-state index contributed by atoms with van der Waals surface area (Å²) in [6.45, 7) is 0. The van der Waals surface area contributed by atoms with Crippen molar-refractivity contribution in [2.45, 2.75) is 0 Å². The lowest BCUT2D eigenvalue weighted by molar-refractivity contribution is 0.669. The van der Waals surface area contributed by atoms with E-state index in [1.54, 1.807) is 0 Å². The maximum Gasteiger partial charge on any atom is 0.136 e. The Morgan fingerprint density at radius 1 is 0.276 bits per heavy atom. The van der Waals surface area contributed by atoms with Gasteiger partial charge in [-0.3, -0.25) is 0 Å². The van der Waals surface area contributed by atoms with E-state index in [2.05, 4.69) is 152 Å². The molecule has 1 nitrogen and oxygen atoms in total. The standard InChI is InChI=1S/C52H27B5O/c53-48-47(49(54)51(56)52(57)50(48)55)46-36-21-10-8-19-34(36)44(35-20-9-11-22-37(35)46)38-23-12-24-41-45(38)39-27-29(25-26-40(39)58-41)43-32-17-6-4-15-30(32)42(28-13-2-1-3-14-28)31-16-5-7-18-33(31)43/h1-27H. The third kappa shape index (κ3) is 4.97. The topological polar surface area (TPSA) is 13.1 Å². The highest BCUT2D eigenvalue weighted by molar-refractivity contribution is 6.69. The van der Waals surface area contributed by atoms with E-state index in [9.17, 15) is 0 Å². The Hall–Kier alpha value is -6.64. The van der Waals surface area contributed by atoms with E-state index >= 15 is 0 Å². The first-order valence-electron chi connectivity index (χ1n) is 19.3. The second-order valence-electron chi connectivity index (χ2n) is 15.0. The van der Waals surface area contributed by atoms with Gasteiger partial charge in [0.25, 0.3) is 0 Å². The molecule has 10 radical (unpaired) electrons. The van der Waals surface area contributed by atoms with Gasteiger partial charge in [0.05, 0.1) is 0 Å². The van der Waals surface area contributed by atoms with Crippen LogP contribution < -0.4 is 27.3 Å². The van der Waals surface area contributed by atoms with Crippen molar-refractivity contribution in [3.63, 3.8) is 0 Å². The Bertz CT molecular complexity index is 3370. The van der Waals surface area contributed by atoms with E-state index in [0.29, 0.717) is 16.5 Å². The lowest BCUT2D eigenvalue weighted by Gasteiger charge is -2.25. The number of fused-ring (bicyclic) bond motifs is 7. The fourth-order valence-electron chi connectivity index (χ4n) is 9.35. The summed E-state index contributed by atoms with van der Waals surface area (Å²) in [5.74, 6) is 0. The van der Waals surface area contributed by atoms with Gasteiger partial charge in [0.15, 0.2) is 0 Å². The van der Waals surface area contributed by atoms with Gasteiger partial charge in [-0.05, 0) is 106 Å². The smallest absolute Gasteiger partial charge is 0.136 e. The molecule has 11 rings (SSSR count). The molecule has 58 heavy (non-hydrogen) atoms. The fourth-order valence-corrected chi connectivity index (χ4v) is 9.35. The first kappa shape index (κ1) is 34.6. The van der Waals surface area contributed by atoms with E-state index in [4.69, 9.17) is 43.6 Å². The maximum absolute atomic E-state index is 6.76. The van der Waals surface area contributed by atoms with Gasteiger partial charge in [-0.25, -0.2) is 0 Å². The van der Waals surface area contributed by atoms with Gasteiger partial charge in [0.1, 0.15) is 50.4 Å². The molecule has 0 saturated heterocycles. The second-order valence-corrected chi connectivity index (χ2v) is 15.0. The zero-order valence-corrected chi connectivity index (χ0v) is 31.4. The number of benzene rings is 10. The van der Waals surface area contributed by atoms with Crippen molar-refractivity contribution in [2.24, 2.45) is 0 Å². The van der Waals surface area contributed by atoms with Crippen LogP contribution in [-0.2, 0) is 0 Å². The lowest BCUT2D eigenvalue weighted by Crippen LogP contribution is -2.55. The van der Waals surface area contributed by atoms with Gasteiger partial charge < -0.3 is 4.42 Å². The van der Waals surface area contributed by atoms with Crippen molar-refractivity contribution in [1.82, 2.24) is 0 Å². The van der Waals surface area contributed by atoms with Gasteiger partial charge in [0, 0.05) is 10.8 Å². The predicted octanol–water partition coefficient (Wildman–Crippen LogP) is 8.84. The molecule has 0 aliphatic carbocycles. The van der Waals surface area contributed by atoms with Crippen molar-refractivity contribution in [2.75, 3.05) is 0 Å². The Morgan fingerprint density at radius 2 is 0.707 bits per heavy atom. The first-order chi connectivity index (χ1) is 28.4. The van der Waals surface area contributed by atoms with Crippen LogP contribution in [0.25, 0.3) is 110 Å². The van der Waals surface area contributed by atoms with Crippen LogP contribution >= 0.6 is 0 Å². The Morgan fingerprint density at radius 3 is 1.22 bits per heavy atom. The lowest BCUT2D eigenvalue weighted by atomic mass is 9.59. The molecule has 11 aromatic rings. The van der Waals surface area contributed by atoms with Crippen molar-refractivity contribution in [3.05, 3.63) is 164 Å². The Balaban J connectivity index is 1.23. The van der Waals surface area contributed by atoms with Crippen LogP contribution in [0.3, 0.4) is 0 Å². The third-order valence-electron chi connectivity index (χ3n) is 11.9. The molecule has 0 aliphatic rings. The first-order valence-corrected chi connectivity index (χ1v) is 19.3. The van der Waals surface area contributed by atoms with E-state index in [1.165, 1.54) is 38.2 Å². The summed E-state index contributed by atoms with van der Waals surface area (Å²) in [7, 11) is 32.7. The third-order valence-corrected chi connectivity index (χ3v) is 11.9. The van der Waals surface area contributed by atoms with Crippen LogP contribution in [0.5, 0.6) is 0 Å². The highest BCUT2D eigenvalue weighted by Crippen LogP contribution is 2.48. The summed E-state index contributed by atoms with van der Waals surface area (Å²) in [6.07, 6.45) is 0. The van der Waals surface area contributed by atoms with Crippen LogP contribution in [0.15, 0.2) is 168 Å². The van der Waals surface area contributed by atoms with Crippen LogP contribution in [-0.4, -0.2) is 39.2 Å². The van der Waals surface area contributed by atoms with Crippen molar-refractivity contribution in [1.29, 1.82) is 0 Å². The highest BCUT2D eigenvalue weighted by atomic mass is 16.3. The average molecular weight is 722 g/mol. The summed E-state index contributed by atoms with van der Waals surface area (Å²) in [5, 5.41) is 10.9. The molecule has 1 aromatic heterocycles. The zero-order chi connectivity index (χ0) is 39.2. The molecule has 0 unspecified atom stereocenters. The number of furan rings is 1. The minimum absolute atomic E-state index is 0.190. The van der Waals surface area contributed by atoms with Gasteiger partial charge >= 0.3 is 0 Å². The normalized spacial score (nSPS) is 11.8. The molecule has 1 heterocycles. The second kappa shape index (κ2) is 13.2. The van der Waals surface area contributed by atoms with E-state index < -0.39 is 0 Å². The van der Waals surface area contributed by atoms with Crippen LogP contribution in [0.2, 0.25) is 0 Å². The zero-order valence-electron chi connectivity index (χ0n) is 31.4. The molecule has 0 amide bonds. The molecule has 0 aliphatic heterocycles. The van der Waals surface area contributed by atoms with Crippen molar-refractivity contribution >= 4 is 132 Å². The molecule has 0 atom stereocenters. The molecule has 0 saturated carbocycles. The SMILES string of the molecule is [B]c1c([B])c([B])c(-c2c3ccccc3c(-c3cccc4oc5ccc(-c6c7ccccc7c(-c7ccccc7)c7ccccc67)cc5c34)c3ccccc23)c([B])c1[B]. The van der Waals surface area contributed by atoms with Crippen LogP contribution in [0, 0.1) is 0 Å². The molecule has 10 aromatic carbocycles. The summed E-state index contributed by atoms with van der Waals surface area (Å²) < 4.78 is 6.67. The van der Waals surface area contributed by atoms with Gasteiger partial charge in [-0.15, -0.1) is 16.4 Å². The Kier molecular flexibility index (Phi) is 7.88. The summed E-state index contributed by atoms with van der Waals surface area (Å²) in [5.41, 5.74) is 11.2. The largest absolute Gasteiger partial charge is 0.456 e. The summed E-state index contributed by atoms with van der Waals surface area (Å²) >= 11 is 0. The molecule has 0 bridgehead atoms. The van der Waals surface area contributed by atoms with Crippen molar-refractivity contribution in [3.8, 4) is 44.5 Å². The number of hydrogen-bond acceptors (Lipinski definition) is 1.